The van der Waals surface area contributed by atoms with Gasteiger partial charge in [0.2, 0.25) is 3.95 Å². The average Bonchev–Trinajstić information content (AvgIpc) is 2.99. The number of benzene rings is 1. The summed E-state index contributed by atoms with van der Waals surface area (Å²) in [7, 11) is 0. The van der Waals surface area contributed by atoms with Gasteiger partial charge in [-0.15, -0.1) is 5.73 Å². The number of aromatic nitrogens is 1. The molecule has 170 valence electrons. The summed E-state index contributed by atoms with van der Waals surface area (Å²) in [6.45, 7) is 17.3. The highest BCUT2D eigenvalue weighted by molar-refractivity contribution is 7.73. The van der Waals surface area contributed by atoms with E-state index in [-0.39, 0.29) is 16.7 Å². The molecule has 2 aliphatic heterocycles. The predicted molar refractivity (Wildman–Crippen MR) is 134 cm³/mol. The highest BCUT2D eigenvalue weighted by Gasteiger charge is 2.41. The summed E-state index contributed by atoms with van der Waals surface area (Å²) >= 11 is 6.44. The summed E-state index contributed by atoms with van der Waals surface area (Å²) < 4.78 is 1.37. The van der Waals surface area contributed by atoms with E-state index in [4.69, 9.17) is 17.2 Å². The van der Waals surface area contributed by atoms with Crippen LogP contribution in [0.2, 0.25) is 0 Å². The molecule has 0 bridgehead atoms. The van der Waals surface area contributed by atoms with Crippen LogP contribution < -0.4 is 9.89 Å². The molecule has 0 atom stereocenters. The Labute approximate surface area is 198 Å². The molecule has 2 aromatic rings. The average molecular weight is 471 g/mol. The highest BCUT2D eigenvalue weighted by Crippen LogP contribution is 2.51. The van der Waals surface area contributed by atoms with E-state index < -0.39 is 0 Å². The van der Waals surface area contributed by atoms with Gasteiger partial charge in [-0.2, -0.15) is 4.99 Å². The lowest BCUT2D eigenvalue weighted by Crippen LogP contribution is -2.45. The molecule has 7 heteroatoms. The first-order valence-electron chi connectivity index (χ1n) is 10.8. The van der Waals surface area contributed by atoms with E-state index in [1.54, 1.807) is 6.08 Å². The molecule has 0 aliphatic carbocycles. The first-order valence-corrected chi connectivity index (χ1v) is 12.0. The molecule has 0 unspecified atom stereocenters. The molecule has 1 N–H and O–H groups in total. The van der Waals surface area contributed by atoms with Crippen molar-refractivity contribution in [1.82, 2.24) is 4.73 Å². The number of hydrogen-bond acceptors (Lipinski definition) is 6. The van der Waals surface area contributed by atoms with E-state index in [1.807, 2.05) is 6.08 Å². The van der Waals surface area contributed by atoms with Gasteiger partial charge in [0.15, 0.2) is 0 Å². The first kappa shape index (κ1) is 22.7. The van der Waals surface area contributed by atoms with Crippen molar-refractivity contribution in [3.63, 3.8) is 0 Å². The SMILES string of the molecule is C=COOn1c(O)c(C=C=Cc2cc3c4c(c2C)C(C)(C)CCN4CCC3(C)C)sc1=S. The van der Waals surface area contributed by atoms with Gasteiger partial charge in [-0.25, -0.2) is 0 Å². The minimum absolute atomic E-state index is 0.127. The fraction of sp³-hybridized carbons (Fsp3) is 0.440. The van der Waals surface area contributed by atoms with Crippen molar-refractivity contribution in [2.75, 3.05) is 18.0 Å². The van der Waals surface area contributed by atoms with Crippen molar-refractivity contribution in [1.29, 1.82) is 0 Å². The fourth-order valence-corrected chi connectivity index (χ4v) is 5.92. The van der Waals surface area contributed by atoms with Crippen molar-refractivity contribution < 1.29 is 15.0 Å². The Hall–Kier alpha value is -2.47. The topological polar surface area (TPSA) is 46.9 Å². The normalized spacial score (nSPS) is 17.7. The molecule has 0 radical (unpaired) electrons. The van der Waals surface area contributed by atoms with Gasteiger partial charge in [0.25, 0.3) is 5.88 Å². The highest BCUT2D eigenvalue weighted by atomic mass is 32.1. The van der Waals surface area contributed by atoms with Crippen molar-refractivity contribution >= 4 is 41.4 Å². The Kier molecular flexibility index (Phi) is 5.78. The second kappa shape index (κ2) is 8.14. The van der Waals surface area contributed by atoms with Gasteiger partial charge in [-0.3, -0.25) is 4.89 Å². The zero-order valence-corrected chi connectivity index (χ0v) is 21.0. The molecule has 32 heavy (non-hydrogen) atoms. The van der Waals surface area contributed by atoms with Gasteiger partial charge in [-0.1, -0.05) is 50.3 Å². The zero-order valence-electron chi connectivity index (χ0n) is 19.3. The van der Waals surface area contributed by atoms with E-state index >= 15 is 0 Å². The predicted octanol–water partition coefficient (Wildman–Crippen LogP) is 6.29. The lowest BCUT2D eigenvalue weighted by atomic mass is 9.67. The van der Waals surface area contributed by atoms with Crippen LogP contribution in [0.4, 0.5) is 5.69 Å². The van der Waals surface area contributed by atoms with Crippen LogP contribution in [-0.4, -0.2) is 22.9 Å². The molecule has 2 aliphatic rings. The Morgan fingerprint density at radius 1 is 1.19 bits per heavy atom. The zero-order chi connectivity index (χ0) is 23.3. The Morgan fingerprint density at radius 3 is 2.56 bits per heavy atom. The maximum absolute atomic E-state index is 10.4. The number of anilines is 1. The van der Waals surface area contributed by atoms with Crippen LogP contribution in [0, 0.1) is 10.9 Å². The molecule has 0 fully saturated rings. The van der Waals surface area contributed by atoms with Crippen LogP contribution in [0.3, 0.4) is 0 Å². The third kappa shape index (κ3) is 3.79. The molecule has 1 aromatic heterocycles. The quantitative estimate of drug-likeness (QED) is 0.183. The Morgan fingerprint density at radius 2 is 1.88 bits per heavy atom. The van der Waals surface area contributed by atoms with Crippen LogP contribution in [0.15, 0.2) is 24.6 Å². The van der Waals surface area contributed by atoms with Gasteiger partial charge in [0.1, 0.15) is 11.1 Å². The molecule has 5 nitrogen and oxygen atoms in total. The van der Waals surface area contributed by atoms with E-state index in [9.17, 15) is 5.11 Å². The van der Waals surface area contributed by atoms with Crippen LogP contribution >= 0.6 is 23.6 Å². The van der Waals surface area contributed by atoms with Gasteiger partial charge >= 0.3 is 0 Å². The molecule has 4 rings (SSSR count). The molecule has 0 saturated carbocycles. The number of hydrogen-bond donors (Lipinski definition) is 1. The molecule has 0 spiro atoms. The lowest BCUT2D eigenvalue weighted by Gasteiger charge is -2.49. The van der Waals surface area contributed by atoms with Gasteiger partial charge in [-0.05, 0) is 77.2 Å². The third-order valence-electron chi connectivity index (χ3n) is 6.75. The molecule has 1 aromatic carbocycles. The standard InChI is InChI=1S/C25H30N2O3S2/c1-7-29-30-27-22(28)19(32-23(27)31)10-8-9-17-15-18-21-20(16(17)2)25(5,6)12-14-26(21)13-11-24(18,3)4/h7,9-10,15,28H,1,11-14H2,2-6H3. The van der Waals surface area contributed by atoms with E-state index in [2.05, 4.69) is 62.8 Å². The van der Waals surface area contributed by atoms with E-state index in [0.717, 1.165) is 42.5 Å². The monoisotopic (exact) mass is 470 g/mol. The smallest absolute Gasteiger partial charge is 0.250 e. The second-order valence-electron chi connectivity index (χ2n) is 9.76. The summed E-state index contributed by atoms with van der Waals surface area (Å²) in [5, 5.41) is 10.4. The number of rotatable bonds is 5. The maximum Gasteiger partial charge on any atom is 0.250 e. The Balaban J connectivity index is 1.80. The minimum atomic E-state index is -0.127. The summed E-state index contributed by atoms with van der Waals surface area (Å²) in [5.74, 6) is -0.127. The van der Waals surface area contributed by atoms with E-state index in [1.165, 1.54) is 33.7 Å². The van der Waals surface area contributed by atoms with Crippen molar-refractivity contribution in [2.24, 2.45) is 0 Å². The van der Waals surface area contributed by atoms with Gasteiger partial charge in [0, 0.05) is 24.9 Å². The minimum Gasteiger partial charge on any atom is -0.491 e. The number of nitrogens with zero attached hydrogens (tertiary/aromatic N) is 2. The number of aromatic hydroxyl groups is 1. The van der Waals surface area contributed by atoms with Crippen LogP contribution in [0.1, 0.15) is 67.7 Å². The van der Waals surface area contributed by atoms with Crippen molar-refractivity contribution in [2.45, 2.75) is 58.3 Å². The second-order valence-corrected chi connectivity index (χ2v) is 11.4. The fourth-order valence-electron chi connectivity index (χ4n) is 4.84. The van der Waals surface area contributed by atoms with Gasteiger partial charge in [0.05, 0.1) is 0 Å². The summed E-state index contributed by atoms with van der Waals surface area (Å²) in [4.78, 5) is 12.7. The van der Waals surface area contributed by atoms with Crippen LogP contribution in [0.25, 0.3) is 12.2 Å². The molecular weight excluding hydrogens is 440 g/mol. The summed E-state index contributed by atoms with van der Waals surface area (Å²) in [6.07, 6.45) is 7.14. The van der Waals surface area contributed by atoms with Gasteiger partial charge < -0.3 is 10.0 Å². The molecular formula is C25H30N2O3S2. The maximum atomic E-state index is 10.4. The largest absolute Gasteiger partial charge is 0.491 e. The van der Waals surface area contributed by atoms with E-state index in [0.29, 0.717) is 8.83 Å². The molecule has 0 saturated heterocycles. The van der Waals surface area contributed by atoms with Crippen LogP contribution in [-0.2, 0) is 15.7 Å². The number of thiazole rings is 1. The van der Waals surface area contributed by atoms with Crippen molar-refractivity contribution in [3.05, 3.63) is 55.7 Å². The molecule has 3 heterocycles. The Bertz CT molecular complexity index is 1190. The summed E-state index contributed by atoms with van der Waals surface area (Å²) in [6, 6.07) is 2.33. The third-order valence-corrected chi connectivity index (χ3v) is 8.03. The van der Waals surface area contributed by atoms with Crippen LogP contribution in [0.5, 0.6) is 5.88 Å². The first-order chi connectivity index (χ1) is 15.1. The summed E-state index contributed by atoms with van der Waals surface area (Å²) in [5.41, 5.74) is 10.3. The lowest BCUT2D eigenvalue weighted by molar-refractivity contribution is -0.251. The van der Waals surface area contributed by atoms with Crippen molar-refractivity contribution in [3.8, 4) is 5.88 Å². The molecule has 0 amide bonds.